The first kappa shape index (κ1) is 12.5. The normalized spacial score (nSPS) is 10.8. The molecule has 2 aromatic carbocycles. The van der Waals surface area contributed by atoms with Gasteiger partial charge in [-0.05, 0) is 31.2 Å². The van der Waals surface area contributed by atoms with Crippen LogP contribution in [-0.2, 0) is 0 Å². The summed E-state index contributed by atoms with van der Waals surface area (Å²) in [5, 5.41) is 4.28. The molecule has 1 aromatic heterocycles. The number of nitrogens with zero attached hydrogens (tertiary/aromatic N) is 3. The lowest BCUT2D eigenvalue weighted by Crippen LogP contribution is -1.98. The van der Waals surface area contributed by atoms with Crippen LogP contribution in [0.4, 0.5) is 8.78 Å². The lowest BCUT2D eigenvalue weighted by atomic mass is 10.2. The van der Waals surface area contributed by atoms with Gasteiger partial charge in [-0.2, -0.15) is 0 Å². The van der Waals surface area contributed by atoms with Gasteiger partial charge >= 0.3 is 0 Å². The predicted molar refractivity (Wildman–Crippen MR) is 71.4 cm³/mol. The standard InChI is InChI=1S/C15H11F2N3/c1-10-18-15(13-8-7-11(16)9-14(13)17)19-20(10)12-5-3-2-4-6-12/h2-9H,1H3. The largest absolute Gasteiger partial charge is 0.218 e. The molecule has 0 aliphatic rings. The number of aromatic nitrogens is 3. The first-order chi connectivity index (χ1) is 9.65. The van der Waals surface area contributed by atoms with E-state index in [0.29, 0.717) is 5.82 Å². The quantitative estimate of drug-likeness (QED) is 0.714. The van der Waals surface area contributed by atoms with Gasteiger partial charge in [0.25, 0.3) is 0 Å². The Kier molecular flexibility index (Phi) is 3.02. The van der Waals surface area contributed by atoms with E-state index in [1.54, 1.807) is 11.6 Å². The third kappa shape index (κ3) is 2.18. The van der Waals surface area contributed by atoms with Gasteiger partial charge in [0.15, 0.2) is 5.82 Å². The zero-order valence-corrected chi connectivity index (χ0v) is 10.7. The summed E-state index contributed by atoms with van der Waals surface area (Å²) in [7, 11) is 0. The minimum absolute atomic E-state index is 0.184. The van der Waals surface area contributed by atoms with Gasteiger partial charge in [0.1, 0.15) is 17.5 Å². The number of rotatable bonds is 2. The maximum Gasteiger partial charge on any atom is 0.184 e. The Balaban J connectivity index is 2.09. The van der Waals surface area contributed by atoms with Crippen molar-refractivity contribution in [2.75, 3.05) is 0 Å². The highest BCUT2D eigenvalue weighted by Crippen LogP contribution is 2.21. The van der Waals surface area contributed by atoms with Crippen LogP contribution in [0.25, 0.3) is 17.1 Å². The van der Waals surface area contributed by atoms with Crippen LogP contribution in [0, 0.1) is 18.6 Å². The van der Waals surface area contributed by atoms with E-state index in [4.69, 9.17) is 0 Å². The minimum atomic E-state index is -0.671. The molecule has 5 heteroatoms. The molecule has 0 fully saturated rings. The molecule has 0 unspecified atom stereocenters. The predicted octanol–water partition coefficient (Wildman–Crippen LogP) is 3.52. The average molecular weight is 271 g/mol. The molecular weight excluding hydrogens is 260 g/mol. The van der Waals surface area contributed by atoms with Crippen LogP contribution >= 0.6 is 0 Å². The van der Waals surface area contributed by atoms with E-state index in [-0.39, 0.29) is 11.4 Å². The molecule has 0 N–H and O–H groups in total. The Morgan fingerprint density at radius 2 is 1.75 bits per heavy atom. The van der Waals surface area contributed by atoms with Crippen molar-refractivity contribution in [3.63, 3.8) is 0 Å². The summed E-state index contributed by atoms with van der Waals surface area (Å²) in [5.41, 5.74) is 1.02. The summed E-state index contributed by atoms with van der Waals surface area (Å²) in [6.45, 7) is 1.78. The number of hydrogen-bond donors (Lipinski definition) is 0. The molecule has 0 spiro atoms. The molecule has 20 heavy (non-hydrogen) atoms. The molecule has 0 amide bonds. The number of para-hydroxylation sites is 1. The number of aryl methyl sites for hydroxylation is 1. The molecule has 0 saturated heterocycles. The molecule has 0 aliphatic carbocycles. The second-order valence-corrected chi connectivity index (χ2v) is 4.35. The highest BCUT2D eigenvalue weighted by molar-refractivity contribution is 5.56. The zero-order valence-electron chi connectivity index (χ0n) is 10.7. The van der Waals surface area contributed by atoms with E-state index in [0.717, 1.165) is 11.8 Å². The van der Waals surface area contributed by atoms with E-state index < -0.39 is 11.6 Å². The summed E-state index contributed by atoms with van der Waals surface area (Å²) in [5.74, 6) is -0.417. The Morgan fingerprint density at radius 1 is 1.00 bits per heavy atom. The van der Waals surface area contributed by atoms with Crippen LogP contribution in [0.3, 0.4) is 0 Å². The van der Waals surface area contributed by atoms with Gasteiger partial charge in [-0.3, -0.25) is 0 Å². The molecule has 0 aliphatic heterocycles. The fraction of sp³-hybridized carbons (Fsp3) is 0.0667. The van der Waals surface area contributed by atoms with Gasteiger partial charge in [0, 0.05) is 6.07 Å². The molecule has 3 nitrogen and oxygen atoms in total. The number of hydrogen-bond acceptors (Lipinski definition) is 2. The summed E-state index contributed by atoms with van der Waals surface area (Å²) in [6.07, 6.45) is 0. The molecule has 0 atom stereocenters. The molecule has 100 valence electrons. The fourth-order valence-corrected chi connectivity index (χ4v) is 1.99. The van der Waals surface area contributed by atoms with Gasteiger partial charge in [0.2, 0.25) is 0 Å². The van der Waals surface area contributed by atoms with Crippen molar-refractivity contribution in [1.29, 1.82) is 0 Å². The van der Waals surface area contributed by atoms with E-state index in [1.165, 1.54) is 12.1 Å². The van der Waals surface area contributed by atoms with Crippen molar-refractivity contribution in [3.05, 3.63) is 66.0 Å². The van der Waals surface area contributed by atoms with Crippen molar-refractivity contribution in [2.24, 2.45) is 0 Å². The SMILES string of the molecule is Cc1nc(-c2ccc(F)cc2F)nn1-c1ccccc1. The molecule has 0 radical (unpaired) electrons. The average Bonchev–Trinajstić information content (AvgIpc) is 2.81. The fourth-order valence-electron chi connectivity index (χ4n) is 1.99. The topological polar surface area (TPSA) is 30.7 Å². The monoisotopic (exact) mass is 271 g/mol. The van der Waals surface area contributed by atoms with Crippen LogP contribution in [0.1, 0.15) is 5.82 Å². The van der Waals surface area contributed by atoms with E-state index in [9.17, 15) is 8.78 Å². The lowest BCUT2D eigenvalue weighted by molar-refractivity contribution is 0.585. The van der Waals surface area contributed by atoms with Gasteiger partial charge in [-0.15, -0.1) is 5.10 Å². The van der Waals surface area contributed by atoms with Gasteiger partial charge in [0.05, 0.1) is 11.3 Å². The number of benzene rings is 2. The van der Waals surface area contributed by atoms with Crippen LogP contribution < -0.4 is 0 Å². The number of halogens is 2. The van der Waals surface area contributed by atoms with Crippen molar-refractivity contribution >= 4 is 0 Å². The molecule has 3 aromatic rings. The summed E-state index contributed by atoms with van der Waals surface area (Å²) < 4.78 is 28.3. The summed E-state index contributed by atoms with van der Waals surface area (Å²) in [4.78, 5) is 4.24. The molecule has 1 heterocycles. The van der Waals surface area contributed by atoms with E-state index >= 15 is 0 Å². The second-order valence-electron chi connectivity index (χ2n) is 4.35. The third-order valence-electron chi connectivity index (χ3n) is 2.94. The van der Waals surface area contributed by atoms with Crippen molar-refractivity contribution < 1.29 is 8.78 Å². The highest BCUT2D eigenvalue weighted by Gasteiger charge is 2.13. The van der Waals surface area contributed by atoms with Crippen LogP contribution in [0.2, 0.25) is 0 Å². The van der Waals surface area contributed by atoms with Crippen molar-refractivity contribution in [2.45, 2.75) is 6.92 Å². The van der Waals surface area contributed by atoms with E-state index in [2.05, 4.69) is 10.1 Å². The molecule has 0 saturated carbocycles. The Hall–Kier alpha value is -2.56. The zero-order chi connectivity index (χ0) is 14.1. The lowest BCUT2D eigenvalue weighted by Gasteiger charge is -2.01. The van der Waals surface area contributed by atoms with Gasteiger partial charge in [-0.25, -0.2) is 18.4 Å². The molecular formula is C15H11F2N3. The molecule has 0 bridgehead atoms. The second kappa shape index (κ2) is 4.85. The first-order valence-electron chi connectivity index (χ1n) is 6.09. The van der Waals surface area contributed by atoms with Gasteiger partial charge < -0.3 is 0 Å². The first-order valence-corrected chi connectivity index (χ1v) is 6.09. The van der Waals surface area contributed by atoms with E-state index in [1.807, 2.05) is 30.3 Å². The van der Waals surface area contributed by atoms with Crippen molar-refractivity contribution in [1.82, 2.24) is 14.8 Å². The van der Waals surface area contributed by atoms with Crippen molar-refractivity contribution in [3.8, 4) is 17.1 Å². The third-order valence-corrected chi connectivity index (χ3v) is 2.94. The summed E-state index contributed by atoms with van der Waals surface area (Å²) in [6, 6.07) is 12.8. The van der Waals surface area contributed by atoms with Gasteiger partial charge in [-0.1, -0.05) is 18.2 Å². The molecule has 3 rings (SSSR count). The van der Waals surface area contributed by atoms with Crippen LogP contribution in [0.15, 0.2) is 48.5 Å². The highest BCUT2D eigenvalue weighted by atomic mass is 19.1. The van der Waals surface area contributed by atoms with Crippen LogP contribution in [0.5, 0.6) is 0 Å². The minimum Gasteiger partial charge on any atom is -0.218 e. The Bertz CT molecular complexity index is 751. The summed E-state index contributed by atoms with van der Waals surface area (Å²) >= 11 is 0. The smallest absolute Gasteiger partial charge is 0.184 e. The maximum atomic E-state index is 13.8. The van der Waals surface area contributed by atoms with Crippen LogP contribution in [-0.4, -0.2) is 14.8 Å². The Morgan fingerprint density at radius 3 is 2.45 bits per heavy atom. The maximum absolute atomic E-state index is 13.8. The Labute approximate surface area is 114 Å².